The number of aromatic amines is 1. The Hall–Kier alpha value is -3.22. The largest absolute Gasteiger partial charge is 0.494 e. The number of H-pyrrole nitrogens is 1. The highest BCUT2D eigenvalue weighted by molar-refractivity contribution is 7.42. The van der Waals surface area contributed by atoms with Gasteiger partial charge in [0, 0.05) is 23.0 Å². The quantitative estimate of drug-likeness (QED) is 0.149. The fourth-order valence-electron chi connectivity index (χ4n) is 4.88. The lowest BCUT2D eigenvalue weighted by Gasteiger charge is -2.26. The lowest BCUT2D eigenvalue weighted by Crippen LogP contribution is -2.28. The van der Waals surface area contributed by atoms with Crippen LogP contribution in [0.4, 0.5) is 5.69 Å². The van der Waals surface area contributed by atoms with E-state index in [1.54, 1.807) is 0 Å². The first kappa shape index (κ1) is 27.4. The fourth-order valence-corrected chi connectivity index (χ4v) is 5.77. The van der Waals surface area contributed by atoms with Crippen LogP contribution < -0.4 is 4.52 Å². The normalized spacial score (nSPS) is 14.8. The molecule has 1 fully saturated rings. The van der Waals surface area contributed by atoms with Crippen molar-refractivity contribution in [1.29, 1.82) is 0 Å². The second-order valence-electron chi connectivity index (χ2n) is 9.54. The van der Waals surface area contributed by atoms with Gasteiger partial charge in [-0.1, -0.05) is 48.9 Å². The highest BCUT2D eigenvalue weighted by atomic mass is 31.2. The predicted molar refractivity (Wildman–Crippen MR) is 158 cm³/mol. The molecular weight excluding hydrogens is 509 g/mol. The van der Waals surface area contributed by atoms with Crippen LogP contribution in [0.1, 0.15) is 49.8 Å². The number of nitrogens with zero attached hydrogens (tertiary/aromatic N) is 2. The maximum atomic E-state index is 11.1. The molecule has 0 atom stereocenters. The summed E-state index contributed by atoms with van der Waals surface area (Å²) in [5.41, 5.74) is 5.10. The summed E-state index contributed by atoms with van der Waals surface area (Å²) in [6, 6.07) is 24.0. The Labute approximate surface area is 231 Å². The molecular formula is C31H36N3O4P. The average molecular weight is 546 g/mol. The Bertz CT molecular complexity index is 1380. The Morgan fingerprint density at radius 2 is 1.64 bits per heavy atom. The molecule has 0 saturated carbocycles. The molecule has 7 nitrogen and oxygen atoms in total. The van der Waals surface area contributed by atoms with Gasteiger partial charge in [-0.05, 0) is 75.7 Å². The molecule has 0 aliphatic carbocycles. The van der Waals surface area contributed by atoms with E-state index < -0.39 is 8.60 Å². The summed E-state index contributed by atoms with van der Waals surface area (Å²) in [7, 11) is -1.51. The van der Waals surface area contributed by atoms with Crippen molar-refractivity contribution in [2.75, 3.05) is 26.3 Å². The molecule has 0 bridgehead atoms. The Morgan fingerprint density at radius 1 is 0.923 bits per heavy atom. The lowest BCUT2D eigenvalue weighted by molar-refractivity contribution is 0.221. The number of piperidine rings is 1. The molecule has 1 aliphatic heterocycles. The molecule has 1 saturated heterocycles. The van der Waals surface area contributed by atoms with Crippen LogP contribution in [0, 0.1) is 0 Å². The van der Waals surface area contributed by atoms with Crippen molar-refractivity contribution in [2.45, 2.75) is 39.7 Å². The number of likely N-dealkylation sites (tertiary alicyclic amines) is 1. The summed E-state index contributed by atoms with van der Waals surface area (Å²) in [5, 5.41) is 11.9. The van der Waals surface area contributed by atoms with Crippen molar-refractivity contribution in [2.24, 2.45) is 4.99 Å². The van der Waals surface area contributed by atoms with E-state index in [0.29, 0.717) is 30.2 Å². The van der Waals surface area contributed by atoms with Crippen LogP contribution in [0.25, 0.3) is 10.9 Å². The first-order valence-electron chi connectivity index (χ1n) is 13.7. The first-order chi connectivity index (χ1) is 19.1. The molecule has 0 spiro atoms. The predicted octanol–water partition coefficient (Wildman–Crippen LogP) is 7.71. The number of nitrogens with one attached hydrogen (secondary N) is 1. The Balaban J connectivity index is 1.50. The van der Waals surface area contributed by atoms with Crippen LogP contribution in [0.5, 0.6) is 11.6 Å². The summed E-state index contributed by atoms with van der Waals surface area (Å²) >= 11 is 0. The summed E-state index contributed by atoms with van der Waals surface area (Å²) in [6.45, 7) is 8.10. The zero-order valence-corrected chi connectivity index (χ0v) is 23.5. The molecule has 0 radical (unpaired) electrons. The Morgan fingerprint density at radius 3 is 2.33 bits per heavy atom. The second kappa shape index (κ2) is 13.2. The van der Waals surface area contributed by atoms with E-state index in [9.17, 15) is 5.11 Å². The third-order valence-electron chi connectivity index (χ3n) is 6.72. The van der Waals surface area contributed by atoms with Gasteiger partial charge in [-0.2, -0.15) is 0 Å². The molecule has 1 aromatic heterocycles. The van der Waals surface area contributed by atoms with Gasteiger partial charge in [-0.15, -0.1) is 0 Å². The second-order valence-corrected chi connectivity index (χ2v) is 10.7. The van der Waals surface area contributed by atoms with Crippen LogP contribution in [-0.2, 0) is 15.6 Å². The average Bonchev–Trinajstić information content (AvgIpc) is 3.28. The molecule has 5 rings (SSSR count). The van der Waals surface area contributed by atoms with E-state index in [1.807, 2.05) is 62.4 Å². The molecule has 4 aromatic rings. The van der Waals surface area contributed by atoms with Crippen LogP contribution in [0.2, 0.25) is 0 Å². The minimum Gasteiger partial charge on any atom is -0.494 e. The molecule has 1 aliphatic rings. The smallest absolute Gasteiger partial charge is 0.397 e. The number of rotatable bonds is 11. The molecule has 0 unspecified atom stereocenters. The number of aromatic hydroxyl groups is 1. The van der Waals surface area contributed by atoms with Crippen LogP contribution in [-0.4, -0.2) is 47.0 Å². The van der Waals surface area contributed by atoms with Crippen molar-refractivity contribution < 1.29 is 18.7 Å². The lowest BCUT2D eigenvalue weighted by atomic mass is 10.0. The van der Waals surface area contributed by atoms with E-state index >= 15 is 0 Å². The minimum atomic E-state index is -1.51. The van der Waals surface area contributed by atoms with Crippen LogP contribution in [0.15, 0.2) is 77.8 Å². The summed E-state index contributed by atoms with van der Waals surface area (Å²) in [6.07, 6.45) is 3.90. The fraction of sp³-hybridized carbons (Fsp3) is 0.323. The molecule has 204 valence electrons. The summed E-state index contributed by atoms with van der Waals surface area (Å²) < 4.78 is 17.3. The Kier molecular flexibility index (Phi) is 9.27. The zero-order chi connectivity index (χ0) is 27.0. The molecule has 2 heterocycles. The third kappa shape index (κ3) is 6.87. The minimum absolute atomic E-state index is 0.0587. The molecule has 39 heavy (non-hydrogen) atoms. The van der Waals surface area contributed by atoms with E-state index in [-0.39, 0.29) is 5.88 Å². The SMILES string of the molecule is CCOP(OCC)Oc1ccc2[nH]c(O)c(C(=Nc3ccc(CN4CCCCC4)cc3)c3ccccc3)c2c1. The highest BCUT2D eigenvalue weighted by Crippen LogP contribution is 2.42. The van der Waals surface area contributed by atoms with Crippen molar-refractivity contribution in [3.63, 3.8) is 0 Å². The standard InChI is InChI=1S/C31H36N3O4P/c1-3-36-39(37-4-2)38-26-17-18-28-27(21-26)29(31(35)33-28)30(24-11-7-5-8-12-24)32-25-15-13-23(14-16-25)22-34-19-9-6-10-20-34/h5,7-8,11-18,21,33,35H,3-4,6,9-10,19-20,22H2,1-2H3. The van der Waals surface area contributed by atoms with Gasteiger partial charge in [-0.3, -0.25) is 4.90 Å². The van der Waals surface area contributed by atoms with Crippen molar-refractivity contribution in [3.8, 4) is 11.6 Å². The van der Waals surface area contributed by atoms with Gasteiger partial charge in [0.25, 0.3) is 0 Å². The molecule has 3 aromatic carbocycles. The number of hydrogen-bond acceptors (Lipinski definition) is 6. The van der Waals surface area contributed by atoms with Crippen molar-refractivity contribution >= 4 is 30.9 Å². The number of aliphatic imine (C=N–C) groups is 1. The first-order valence-corrected chi connectivity index (χ1v) is 14.8. The van der Waals surface area contributed by atoms with Gasteiger partial charge < -0.3 is 23.7 Å². The van der Waals surface area contributed by atoms with Gasteiger partial charge in [0.1, 0.15) is 5.75 Å². The van der Waals surface area contributed by atoms with E-state index in [1.165, 1.54) is 37.9 Å². The van der Waals surface area contributed by atoms with E-state index in [4.69, 9.17) is 18.6 Å². The summed E-state index contributed by atoms with van der Waals surface area (Å²) in [5.74, 6) is 0.661. The van der Waals surface area contributed by atoms with E-state index in [2.05, 4.69) is 34.1 Å². The van der Waals surface area contributed by atoms with Crippen LogP contribution >= 0.6 is 8.60 Å². The van der Waals surface area contributed by atoms with Gasteiger partial charge in [0.05, 0.1) is 30.2 Å². The topological polar surface area (TPSA) is 79.3 Å². The number of fused-ring (bicyclic) bond motifs is 1. The van der Waals surface area contributed by atoms with Gasteiger partial charge in [-0.25, -0.2) is 4.99 Å². The van der Waals surface area contributed by atoms with Gasteiger partial charge in [0.15, 0.2) is 5.88 Å². The maximum Gasteiger partial charge on any atom is 0.397 e. The van der Waals surface area contributed by atoms with Crippen LogP contribution in [0.3, 0.4) is 0 Å². The summed E-state index contributed by atoms with van der Waals surface area (Å²) in [4.78, 5) is 10.7. The number of aromatic nitrogens is 1. The van der Waals surface area contributed by atoms with Gasteiger partial charge in [0.2, 0.25) is 0 Å². The highest BCUT2D eigenvalue weighted by Gasteiger charge is 2.21. The molecule has 8 heteroatoms. The molecule has 0 amide bonds. The number of hydrogen-bond donors (Lipinski definition) is 2. The maximum absolute atomic E-state index is 11.1. The zero-order valence-electron chi connectivity index (χ0n) is 22.6. The van der Waals surface area contributed by atoms with E-state index in [0.717, 1.165) is 28.7 Å². The third-order valence-corrected chi connectivity index (χ3v) is 8.01. The monoisotopic (exact) mass is 545 g/mol. The molecule has 2 N–H and O–H groups in total. The van der Waals surface area contributed by atoms with Gasteiger partial charge >= 0.3 is 8.60 Å². The van der Waals surface area contributed by atoms with Crippen molar-refractivity contribution in [1.82, 2.24) is 9.88 Å². The number of benzene rings is 3. The van der Waals surface area contributed by atoms with Crippen molar-refractivity contribution in [3.05, 3.63) is 89.5 Å².